The first-order valence-electron chi connectivity index (χ1n) is 7.68. The summed E-state index contributed by atoms with van der Waals surface area (Å²) < 4.78 is 23.4. The van der Waals surface area contributed by atoms with E-state index in [9.17, 15) is 13.2 Å². The third kappa shape index (κ3) is 3.30. The summed E-state index contributed by atoms with van der Waals surface area (Å²) in [6.45, 7) is 1.97. The van der Waals surface area contributed by atoms with Crippen LogP contribution >= 0.6 is 11.8 Å². The lowest BCUT2D eigenvalue weighted by Crippen LogP contribution is -2.34. The molecule has 0 aliphatic carbocycles. The van der Waals surface area contributed by atoms with Crippen LogP contribution in [0.4, 0.5) is 0 Å². The zero-order chi connectivity index (χ0) is 16.6. The number of fused-ring (bicyclic) bond motifs is 1. The number of nitrogens with zero attached hydrogens (tertiary/aromatic N) is 2. The predicted octanol–water partition coefficient (Wildman–Crippen LogP) is 1.91. The Hall–Kier alpha value is -1.34. The standard InChI is InChI=1S/C16H20N2O3S2/c1-3-12(11-7-5-4-6-8-11)15(19)17-16-18(2)13-9-23(20,21)10-14(13)22-16/h4-8,12-14H,3,9-10H2,1-2H3/t12-,13-,14-/m0/s1. The largest absolute Gasteiger partial charge is 0.349 e. The molecule has 0 spiro atoms. The van der Waals surface area contributed by atoms with Crippen LogP contribution in [-0.4, -0.2) is 54.2 Å². The van der Waals surface area contributed by atoms with Gasteiger partial charge in [0, 0.05) is 12.3 Å². The zero-order valence-electron chi connectivity index (χ0n) is 13.2. The molecule has 2 aliphatic heterocycles. The fourth-order valence-corrected chi connectivity index (χ4v) is 7.15. The van der Waals surface area contributed by atoms with Gasteiger partial charge in [-0.25, -0.2) is 8.42 Å². The van der Waals surface area contributed by atoms with E-state index in [4.69, 9.17) is 0 Å². The Balaban J connectivity index is 1.78. The van der Waals surface area contributed by atoms with Crippen molar-refractivity contribution in [2.45, 2.75) is 30.6 Å². The van der Waals surface area contributed by atoms with Crippen LogP contribution in [0.5, 0.6) is 0 Å². The lowest BCUT2D eigenvalue weighted by atomic mass is 9.96. The summed E-state index contributed by atoms with van der Waals surface area (Å²) in [5.41, 5.74) is 0.970. The summed E-state index contributed by atoms with van der Waals surface area (Å²) in [5.74, 6) is -0.0715. The Morgan fingerprint density at radius 2 is 2.04 bits per heavy atom. The minimum absolute atomic E-state index is 0.00616. The number of hydrogen-bond acceptors (Lipinski definition) is 4. The lowest BCUT2D eigenvalue weighted by Gasteiger charge is -2.18. The molecule has 0 unspecified atom stereocenters. The van der Waals surface area contributed by atoms with E-state index in [1.54, 1.807) is 0 Å². The van der Waals surface area contributed by atoms with Crippen LogP contribution in [0.15, 0.2) is 35.3 Å². The summed E-state index contributed by atoms with van der Waals surface area (Å²) in [6.07, 6.45) is 0.690. The molecule has 23 heavy (non-hydrogen) atoms. The van der Waals surface area contributed by atoms with Crippen molar-refractivity contribution in [3.05, 3.63) is 35.9 Å². The molecular weight excluding hydrogens is 332 g/mol. The maximum Gasteiger partial charge on any atom is 0.255 e. The fraction of sp³-hybridized carbons (Fsp3) is 0.500. The number of amidine groups is 1. The summed E-state index contributed by atoms with van der Waals surface area (Å²) in [4.78, 5) is 18.7. The van der Waals surface area contributed by atoms with Gasteiger partial charge in [0.05, 0.1) is 23.5 Å². The molecule has 2 fully saturated rings. The van der Waals surface area contributed by atoms with E-state index < -0.39 is 9.84 Å². The SMILES string of the molecule is CC[C@H](C(=O)N=C1S[C@H]2CS(=O)(=O)C[C@@H]2N1C)c1ccccc1. The van der Waals surface area contributed by atoms with E-state index in [2.05, 4.69) is 4.99 Å². The molecule has 5 nitrogen and oxygen atoms in total. The predicted molar refractivity (Wildman–Crippen MR) is 93.5 cm³/mol. The fourth-order valence-electron chi connectivity index (χ4n) is 3.15. The molecule has 3 rings (SSSR count). The first-order valence-corrected chi connectivity index (χ1v) is 10.4. The van der Waals surface area contributed by atoms with Crippen molar-refractivity contribution in [3.8, 4) is 0 Å². The van der Waals surface area contributed by atoms with Gasteiger partial charge in [-0.3, -0.25) is 4.79 Å². The van der Waals surface area contributed by atoms with E-state index in [0.29, 0.717) is 11.6 Å². The van der Waals surface area contributed by atoms with Crippen LogP contribution in [0.2, 0.25) is 0 Å². The summed E-state index contributed by atoms with van der Waals surface area (Å²) >= 11 is 1.42. The van der Waals surface area contributed by atoms with Gasteiger partial charge in [0.2, 0.25) is 0 Å². The number of hydrogen-bond donors (Lipinski definition) is 0. The number of carbonyl (C=O) groups is 1. The van der Waals surface area contributed by atoms with Crippen molar-refractivity contribution in [2.75, 3.05) is 18.6 Å². The van der Waals surface area contributed by atoms with Crippen molar-refractivity contribution in [1.82, 2.24) is 4.90 Å². The minimum atomic E-state index is -2.96. The highest BCUT2D eigenvalue weighted by atomic mass is 32.2. The molecule has 1 amide bonds. The number of sulfone groups is 1. The van der Waals surface area contributed by atoms with Crippen LogP contribution in [-0.2, 0) is 14.6 Å². The van der Waals surface area contributed by atoms with Crippen molar-refractivity contribution in [3.63, 3.8) is 0 Å². The van der Waals surface area contributed by atoms with Crippen LogP contribution in [0.25, 0.3) is 0 Å². The normalized spacial score (nSPS) is 28.8. The number of aliphatic imine (C=N–C) groups is 1. The molecule has 124 valence electrons. The Morgan fingerprint density at radius 1 is 1.35 bits per heavy atom. The Kier molecular flexibility index (Phi) is 4.51. The Labute approximate surface area is 141 Å². The second-order valence-corrected chi connectivity index (χ2v) is 9.38. The number of amides is 1. The summed E-state index contributed by atoms with van der Waals surface area (Å²) in [5, 5.41) is 0.641. The van der Waals surface area contributed by atoms with Crippen LogP contribution in [0, 0.1) is 0 Å². The van der Waals surface area contributed by atoms with Crippen molar-refractivity contribution in [1.29, 1.82) is 0 Å². The van der Waals surface area contributed by atoms with Crippen molar-refractivity contribution in [2.24, 2.45) is 4.99 Å². The third-order valence-electron chi connectivity index (χ3n) is 4.44. The molecule has 7 heteroatoms. The molecule has 0 bridgehead atoms. The lowest BCUT2D eigenvalue weighted by molar-refractivity contribution is -0.119. The number of rotatable bonds is 3. The first kappa shape index (κ1) is 16.5. The zero-order valence-corrected chi connectivity index (χ0v) is 14.8. The van der Waals surface area contributed by atoms with Gasteiger partial charge in [-0.05, 0) is 12.0 Å². The number of thioether (sulfide) groups is 1. The molecule has 2 heterocycles. The third-order valence-corrected chi connectivity index (χ3v) is 7.74. The molecule has 0 radical (unpaired) electrons. The Morgan fingerprint density at radius 3 is 2.65 bits per heavy atom. The van der Waals surface area contributed by atoms with Gasteiger partial charge in [0.1, 0.15) is 0 Å². The monoisotopic (exact) mass is 352 g/mol. The van der Waals surface area contributed by atoms with Gasteiger partial charge in [-0.1, -0.05) is 49.0 Å². The maximum absolute atomic E-state index is 12.6. The number of benzene rings is 1. The molecule has 1 aromatic rings. The van der Waals surface area contributed by atoms with Gasteiger partial charge in [-0.15, -0.1) is 0 Å². The molecule has 0 aromatic heterocycles. The summed E-state index contributed by atoms with van der Waals surface area (Å²) in [6, 6.07) is 9.59. The van der Waals surface area contributed by atoms with Gasteiger partial charge in [0.15, 0.2) is 15.0 Å². The Bertz CT molecular complexity index is 731. The van der Waals surface area contributed by atoms with E-state index in [-0.39, 0.29) is 34.6 Å². The smallest absolute Gasteiger partial charge is 0.255 e. The van der Waals surface area contributed by atoms with Crippen LogP contribution < -0.4 is 0 Å². The highest BCUT2D eigenvalue weighted by Gasteiger charge is 2.47. The molecule has 3 atom stereocenters. The summed E-state index contributed by atoms with van der Waals surface area (Å²) in [7, 11) is -1.13. The van der Waals surface area contributed by atoms with E-state index >= 15 is 0 Å². The van der Waals surface area contributed by atoms with Gasteiger partial charge >= 0.3 is 0 Å². The van der Waals surface area contributed by atoms with E-state index in [1.165, 1.54) is 11.8 Å². The molecule has 2 saturated heterocycles. The van der Waals surface area contributed by atoms with Crippen LogP contribution in [0.1, 0.15) is 24.8 Å². The molecule has 1 aromatic carbocycles. The van der Waals surface area contributed by atoms with Gasteiger partial charge < -0.3 is 4.90 Å². The molecular formula is C16H20N2O3S2. The van der Waals surface area contributed by atoms with Crippen LogP contribution in [0.3, 0.4) is 0 Å². The van der Waals surface area contributed by atoms with E-state index in [1.807, 2.05) is 49.2 Å². The topological polar surface area (TPSA) is 66.8 Å². The molecule has 2 aliphatic rings. The second kappa shape index (κ2) is 6.28. The average molecular weight is 352 g/mol. The minimum Gasteiger partial charge on any atom is -0.349 e. The quantitative estimate of drug-likeness (QED) is 0.831. The highest BCUT2D eigenvalue weighted by Crippen LogP contribution is 2.37. The average Bonchev–Trinajstić information content (AvgIpc) is 2.95. The second-order valence-electron chi connectivity index (χ2n) is 6.02. The van der Waals surface area contributed by atoms with E-state index in [0.717, 1.165) is 5.56 Å². The molecule has 0 N–H and O–H groups in total. The van der Waals surface area contributed by atoms with Crippen molar-refractivity contribution < 1.29 is 13.2 Å². The van der Waals surface area contributed by atoms with Crippen molar-refractivity contribution >= 4 is 32.7 Å². The highest BCUT2D eigenvalue weighted by molar-refractivity contribution is 8.15. The van der Waals surface area contributed by atoms with Gasteiger partial charge in [-0.2, -0.15) is 4.99 Å². The maximum atomic E-state index is 12.6. The molecule has 0 saturated carbocycles. The first-order chi connectivity index (χ1) is 10.9. The number of carbonyl (C=O) groups excluding carboxylic acids is 1. The van der Waals surface area contributed by atoms with Gasteiger partial charge in [0.25, 0.3) is 5.91 Å².